The number of anilines is 1. The zero-order valence-electron chi connectivity index (χ0n) is 15.8. The molecule has 140 valence electrons. The monoisotopic (exact) mass is 356 g/mol. The molecule has 1 aromatic heterocycles. The minimum absolute atomic E-state index is 0.0107. The van der Waals surface area contributed by atoms with Crippen LogP contribution in [0.15, 0.2) is 24.3 Å². The number of nitrogens with one attached hydrogen (secondary N) is 1. The molecule has 0 radical (unpaired) electrons. The van der Waals surface area contributed by atoms with Crippen molar-refractivity contribution in [2.24, 2.45) is 0 Å². The second kappa shape index (κ2) is 8.47. The molecule has 0 saturated carbocycles. The van der Waals surface area contributed by atoms with Gasteiger partial charge in [-0.2, -0.15) is 0 Å². The molecule has 2 N–H and O–H groups in total. The minimum atomic E-state index is -0.0107. The van der Waals surface area contributed by atoms with E-state index in [0.29, 0.717) is 12.6 Å². The summed E-state index contributed by atoms with van der Waals surface area (Å²) in [5, 5.41) is 12.7. The number of aromatic nitrogens is 2. The third kappa shape index (κ3) is 4.14. The Morgan fingerprint density at radius 1 is 1.31 bits per heavy atom. The second-order valence-electron chi connectivity index (χ2n) is 6.64. The van der Waals surface area contributed by atoms with Crippen LogP contribution in [-0.2, 0) is 13.2 Å². The summed E-state index contributed by atoms with van der Waals surface area (Å²) in [5.74, 6) is 2.42. The van der Waals surface area contributed by atoms with Crippen LogP contribution in [0.3, 0.4) is 0 Å². The second-order valence-corrected chi connectivity index (χ2v) is 6.64. The van der Waals surface area contributed by atoms with Crippen molar-refractivity contribution in [2.75, 3.05) is 25.5 Å². The molecule has 3 rings (SSSR count). The number of likely N-dealkylation sites (tertiary alicyclic amines) is 1. The van der Waals surface area contributed by atoms with Gasteiger partial charge in [-0.05, 0) is 50.9 Å². The predicted molar refractivity (Wildman–Crippen MR) is 102 cm³/mol. The topological polar surface area (TPSA) is 70.5 Å². The van der Waals surface area contributed by atoms with E-state index < -0.39 is 0 Å². The van der Waals surface area contributed by atoms with E-state index in [0.717, 1.165) is 54.6 Å². The Morgan fingerprint density at radius 3 is 2.88 bits per heavy atom. The Kier molecular flexibility index (Phi) is 6.06. The summed E-state index contributed by atoms with van der Waals surface area (Å²) in [6, 6.07) is 8.44. The molecule has 1 fully saturated rings. The molecule has 1 unspecified atom stereocenters. The Labute approximate surface area is 155 Å². The van der Waals surface area contributed by atoms with Crippen LogP contribution < -0.4 is 10.1 Å². The summed E-state index contributed by atoms with van der Waals surface area (Å²) < 4.78 is 5.58. The fourth-order valence-corrected chi connectivity index (χ4v) is 3.63. The van der Waals surface area contributed by atoms with Crippen molar-refractivity contribution in [3.8, 4) is 5.75 Å². The van der Waals surface area contributed by atoms with Crippen LogP contribution >= 0.6 is 0 Å². The smallest absolute Gasteiger partial charge is 0.129 e. The van der Waals surface area contributed by atoms with Gasteiger partial charge in [0.15, 0.2) is 0 Å². The lowest BCUT2D eigenvalue weighted by Crippen LogP contribution is -2.24. The fourth-order valence-electron chi connectivity index (χ4n) is 3.63. The van der Waals surface area contributed by atoms with E-state index in [1.807, 2.05) is 39.1 Å². The van der Waals surface area contributed by atoms with E-state index in [1.54, 1.807) is 0 Å². The van der Waals surface area contributed by atoms with Crippen molar-refractivity contribution in [3.63, 3.8) is 0 Å². The standard InChI is InChI=1S/C20H28N4O2/c1-4-26-19-8-7-15(10-16(19)13-25)12-24-9-5-6-18(24)17-11-20(21-3)23-14(2)22-17/h7-8,10-11,18,25H,4-6,9,12-13H2,1-3H3,(H,21,22,23). The lowest BCUT2D eigenvalue weighted by molar-refractivity contribution is 0.242. The van der Waals surface area contributed by atoms with Gasteiger partial charge in [0.2, 0.25) is 0 Å². The predicted octanol–water partition coefficient (Wildman–Crippen LogP) is 3.05. The van der Waals surface area contributed by atoms with Gasteiger partial charge in [-0.15, -0.1) is 0 Å². The number of aliphatic hydroxyl groups excluding tert-OH is 1. The summed E-state index contributed by atoms with van der Waals surface area (Å²) in [6.45, 7) is 6.35. The summed E-state index contributed by atoms with van der Waals surface area (Å²) >= 11 is 0. The van der Waals surface area contributed by atoms with Crippen molar-refractivity contribution in [1.29, 1.82) is 0 Å². The number of nitrogens with zero attached hydrogens (tertiary/aromatic N) is 3. The fraction of sp³-hybridized carbons (Fsp3) is 0.500. The van der Waals surface area contributed by atoms with Gasteiger partial charge in [-0.3, -0.25) is 4.90 Å². The Bertz CT molecular complexity index is 751. The normalized spacial score (nSPS) is 17.5. The number of hydrogen-bond acceptors (Lipinski definition) is 6. The lowest BCUT2D eigenvalue weighted by atomic mass is 10.1. The number of rotatable bonds is 7. The van der Waals surface area contributed by atoms with Crippen molar-refractivity contribution in [2.45, 2.75) is 45.9 Å². The molecule has 2 aromatic rings. The van der Waals surface area contributed by atoms with Crippen LogP contribution in [0.1, 0.15) is 48.5 Å². The third-order valence-electron chi connectivity index (χ3n) is 4.80. The molecular weight excluding hydrogens is 328 g/mol. The zero-order chi connectivity index (χ0) is 18.5. The number of hydrogen-bond donors (Lipinski definition) is 2. The van der Waals surface area contributed by atoms with Gasteiger partial charge >= 0.3 is 0 Å². The number of benzene rings is 1. The molecule has 6 nitrogen and oxygen atoms in total. The Balaban J connectivity index is 1.80. The molecule has 1 saturated heterocycles. The molecule has 0 amide bonds. The van der Waals surface area contributed by atoms with E-state index >= 15 is 0 Å². The van der Waals surface area contributed by atoms with E-state index in [1.165, 1.54) is 5.56 Å². The summed E-state index contributed by atoms with van der Waals surface area (Å²) in [5.41, 5.74) is 3.10. The largest absolute Gasteiger partial charge is 0.494 e. The first kappa shape index (κ1) is 18.6. The first-order valence-electron chi connectivity index (χ1n) is 9.27. The van der Waals surface area contributed by atoms with Crippen molar-refractivity contribution >= 4 is 5.82 Å². The van der Waals surface area contributed by atoms with Crippen LogP contribution in [0.25, 0.3) is 0 Å². The highest BCUT2D eigenvalue weighted by Crippen LogP contribution is 2.33. The van der Waals surface area contributed by atoms with Gasteiger partial charge in [0.05, 0.1) is 24.9 Å². The van der Waals surface area contributed by atoms with Gasteiger partial charge in [-0.1, -0.05) is 6.07 Å². The van der Waals surface area contributed by atoms with E-state index in [4.69, 9.17) is 4.74 Å². The zero-order valence-corrected chi connectivity index (χ0v) is 15.8. The third-order valence-corrected chi connectivity index (χ3v) is 4.80. The maximum atomic E-state index is 9.63. The van der Waals surface area contributed by atoms with Gasteiger partial charge in [-0.25, -0.2) is 9.97 Å². The molecule has 1 aliphatic rings. The Hall–Kier alpha value is -2.18. The summed E-state index contributed by atoms with van der Waals surface area (Å²) in [7, 11) is 1.88. The molecule has 6 heteroatoms. The molecule has 0 spiro atoms. The first-order valence-corrected chi connectivity index (χ1v) is 9.27. The average Bonchev–Trinajstić information content (AvgIpc) is 3.10. The summed E-state index contributed by atoms with van der Waals surface area (Å²) in [4.78, 5) is 11.5. The molecular formula is C20H28N4O2. The average molecular weight is 356 g/mol. The SMILES string of the molecule is CCOc1ccc(CN2CCCC2c2cc(NC)nc(C)n2)cc1CO. The van der Waals surface area contributed by atoms with Crippen LogP contribution in [0.5, 0.6) is 5.75 Å². The van der Waals surface area contributed by atoms with Crippen molar-refractivity contribution in [3.05, 3.63) is 46.9 Å². The van der Waals surface area contributed by atoms with E-state index in [2.05, 4.69) is 26.3 Å². The van der Waals surface area contributed by atoms with Crippen LogP contribution in [-0.4, -0.2) is 40.2 Å². The lowest BCUT2D eigenvalue weighted by Gasteiger charge is -2.25. The molecule has 2 heterocycles. The van der Waals surface area contributed by atoms with Crippen LogP contribution in [0.4, 0.5) is 5.82 Å². The van der Waals surface area contributed by atoms with Crippen molar-refractivity contribution < 1.29 is 9.84 Å². The van der Waals surface area contributed by atoms with E-state index in [9.17, 15) is 5.11 Å². The highest BCUT2D eigenvalue weighted by molar-refractivity contribution is 5.38. The van der Waals surface area contributed by atoms with Gasteiger partial charge in [0, 0.05) is 25.2 Å². The van der Waals surface area contributed by atoms with Crippen molar-refractivity contribution in [1.82, 2.24) is 14.9 Å². The molecule has 1 aliphatic heterocycles. The number of aryl methyl sites for hydroxylation is 1. The summed E-state index contributed by atoms with van der Waals surface area (Å²) in [6.07, 6.45) is 2.26. The highest BCUT2D eigenvalue weighted by Gasteiger charge is 2.28. The van der Waals surface area contributed by atoms with Gasteiger partial charge in [0.25, 0.3) is 0 Å². The first-order chi connectivity index (χ1) is 12.6. The molecule has 0 bridgehead atoms. The highest BCUT2D eigenvalue weighted by atomic mass is 16.5. The molecule has 1 atom stereocenters. The number of ether oxygens (including phenoxy) is 1. The molecule has 1 aromatic carbocycles. The van der Waals surface area contributed by atoms with Crippen LogP contribution in [0, 0.1) is 6.92 Å². The maximum Gasteiger partial charge on any atom is 0.129 e. The quantitative estimate of drug-likeness (QED) is 0.795. The molecule has 0 aliphatic carbocycles. The van der Waals surface area contributed by atoms with Gasteiger partial charge < -0.3 is 15.2 Å². The van der Waals surface area contributed by atoms with Crippen LogP contribution in [0.2, 0.25) is 0 Å². The Morgan fingerprint density at radius 2 is 2.15 bits per heavy atom. The minimum Gasteiger partial charge on any atom is -0.494 e. The van der Waals surface area contributed by atoms with Gasteiger partial charge in [0.1, 0.15) is 17.4 Å². The maximum absolute atomic E-state index is 9.63. The number of aliphatic hydroxyl groups is 1. The molecule has 26 heavy (non-hydrogen) atoms. The van der Waals surface area contributed by atoms with E-state index in [-0.39, 0.29) is 6.61 Å².